The minimum atomic E-state index is -0.0441. The van der Waals surface area contributed by atoms with E-state index in [9.17, 15) is 4.79 Å². The fourth-order valence-corrected chi connectivity index (χ4v) is 1.42. The molecular weight excluding hydrogens is 166 g/mol. The van der Waals surface area contributed by atoms with E-state index in [0.29, 0.717) is 13.2 Å². The van der Waals surface area contributed by atoms with Crippen molar-refractivity contribution in [1.29, 1.82) is 0 Å². The largest absolute Gasteiger partial charge is 0.465 e. The second kappa shape index (κ2) is 5.97. The summed E-state index contributed by atoms with van der Waals surface area (Å²) in [6, 6.07) is 0. The number of hydrogen-bond acceptors (Lipinski definition) is 2. The monoisotopic (exact) mass is 184 g/mol. The number of hydrogen-bond donors (Lipinski definition) is 0. The number of carbonyl (C=O) groups excluding carboxylic acids is 1. The lowest BCUT2D eigenvalue weighted by molar-refractivity contribution is -0.147. The van der Waals surface area contributed by atoms with Crippen molar-refractivity contribution in [2.75, 3.05) is 19.7 Å². The Morgan fingerprint density at radius 3 is 3.00 bits per heavy atom. The van der Waals surface area contributed by atoms with Crippen molar-refractivity contribution >= 4 is 5.97 Å². The molecule has 1 rings (SSSR count). The Hall–Kier alpha value is -0.570. The topological polar surface area (TPSA) is 40.4 Å². The van der Waals surface area contributed by atoms with Crippen LogP contribution < -0.4 is 5.32 Å². The number of rotatable bonds is 5. The van der Waals surface area contributed by atoms with Crippen LogP contribution in [0.1, 0.15) is 32.6 Å². The third kappa shape index (κ3) is 3.77. The summed E-state index contributed by atoms with van der Waals surface area (Å²) < 4.78 is 5.13. The molecule has 1 radical (unpaired) electrons. The fourth-order valence-electron chi connectivity index (χ4n) is 1.42. The maximum atomic E-state index is 11.3. The summed E-state index contributed by atoms with van der Waals surface area (Å²) in [5.41, 5.74) is 0. The van der Waals surface area contributed by atoms with Gasteiger partial charge in [-0.1, -0.05) is 19.8 Å². The average molecular weight is 184 g/mol. The van der Waals surface area contributed by atoms with Gasteiger partial charge in [0, 0.05) is 13.1 Å². The summed E-state index contributed by atoms with van der Waals surface area (Å²) in [5, 5.41) is 4.13. The van der Waals surface area contributed by atoms with Crippen LogP contribution >= 0.6 is 0 Å². The minimum Gasteiger partial charge on any atom is -0.465 e. The van der Waals surface area contributed by atoms with Gasteiger partial charge in [-0.3, -0.25) is 4.79 Å². The van der Waals surface area contributed by atoms with E-state index in [1.165, 1.54) is 0 Å². The van der Waals surface area contributed by atoms with Crippen LogP contribution in [0.15, 0.2) is 0 Å². The molecule has 0 aliphatic carbocycles. The lowest BCUT2D eigenvalue weighted by Gasteiger charge is -2.07. The molecule has 0 bridgehead atoms. The lowest BCUT2D eigenvalue weighted by Crippen LogP contribution is -2.19. The van der Waals surface area contributed by atoms with Gasteiger partial charge in [0.1, 0.15) is 0 Å². The van der Waals surface area contributed by atoms with Gasteiger partial charge in [0.05, 0.1) is 12.5 Å². The molecule has 0 aromatic heterocycles. The molecule has 0 saturated carbocycles. The quantitative estimate of drug-likeness (QED) is 0.478. The first kappa shape index (κ1) is 10.5. The first-order chi connectivity index (χ1) is 6.34. The van der Waals surface area contributed by atoms with E-state index in [1.54, 1.807) is 0 Å². The predicted molar refractivity (Wildman–Crippen MR) is 50.5 cm³/mol. The lowest BCUT2D eigenvalue weighted by atomic mass is 10.1. The second-order valence-electron chi connectivity index (χ2n) is 3.49. The number of esters is 1. The van der Waals surface area contributed by atoms with Crippen LogP contribution in [0.25, 0.3) is 0 Å². The van der Waals surface area contributed by atoms with Gasteiger partial charge in [-0.05, 0) is 12.8 Å². The molecule has 1 heterocycles. The molecule has 1 unspecified atom stereocenters. The highest BCUT2D eigenvalue weighted by Gasteiger charge is 2.24. The van der Waals surface area contributed by atoms with Crippen molar-refractivity contribution in [2.24, 2.45) is 5.92 Å². The van der Waals surface area contributed by atoms with Crippen LogP contribution in [0, 0.1) is 5.92 Å². The Balaban J connectivity index is 2.03. The molecule has 75 valence electrons. The third-order valence-electron chi connectivity index (χ3n) is 2.31. The van der Waals surface area contributed by atoms with E-state index >= 15 is 0 Å². The van der Waals surface area contributed by atoms with Crippen molar-refractivity contribution in [3.8, 4) is 0 Å². The van der Waals surface area contributed by atoms with Crippen LogP contribution in [0.5, 0.6) is 0 Å². The zero-order valence-electron chi connectivity index (χ0n) is 8.29. The van der Waals surface area contributed by atoms with Crippen molar-refractivity contribution < 1.29 is 9.53 Å². The Kier molecular flexibility index (Phi) is 4.83. The molecule has 1 aliphatic rings. The summed E-state index contributed by atoms with van der Waals surface area (Å²) in [6.07, 6.45) is 4.18. The van der Waals surface area contributed by atoms with Gasteiger partial charge in [-0.15, -0.1) is 0 Å². The first-order valence-electron chi connectivity index (χ1n) is 5.14. The second-order valence-corrected chi connectivity index (χ2v) is 3.49. The van der Waals surface area contributed by atoms with E-state index in [2.05, 4.69) is 12.2 Å². The molecule has 1 fully saturated rings. The highest BCUT2D eigenvalue weighted by molar-refractivity contribution is 5.73. The normalized spacial score (nSPS) is 21.8. The minimum absolute atomic E-state index is 0.0441. The van der Waals surface area contributed by atoms with Gasteiger partial charge >= 0.3 is 5.97 Å². The molecule has 1 saturated heterocycles. The van der Waals surface area contributed by atoms with Crippen molar-refractivity contribution in [3.05, 3.63) is 0 Å². The third-order valence-corrected chi connectivity index (χ3v) is 2.31. The standard InChI is InChI=1S/C10H18NO2/c1-2-3-4-7-13-10(12)9-5-6-11-8-9/h9H,2-8H2,1H3. The maximum absolute atomic E-state index is 11.3. The molecule has 1 atom stereocenters. The van der Waals surface area contributed by atoms with Gasteiger partial charge < -0.3 is 4.74 Å². The maximum Gasteiger partial charge on any atom is 0.310 e. The van der Waals surface area contributed by atoms with Crippen LogP contribution in [0.2, 0.25) is 0 Å². The Morgan fingerprint density at radius 2 is 2.38 bits per heavy atom. The van der Waals surface area contributed by atoms with Gasteiger partial charge in [-0.2, -0.15) is 0 Å². The smallest absolute Gasteiger partial charge is 0.310 e. The van der Waals surface area contributed by atoms with E-state index in [1.807, 2.05) is 0 Å². The summed E-state index contributed by atoms with van der Waals surface area (Å²) in [5.74, 6) is 0.0129. The molecule has 0 spiro atoms. The molecule has 0 N–H and O–H groups in total. The summed E-state index contributed by atoms with van der Waals surface area (Å²) in [4.78, 5) is 11.3. The Labute approximate surface area is 79.8 Å². The number of nitrogens with zero attached hydrogens (tertiary/aromatic N) is 1. The zero-order chi connectivity index (χ0) is 9.52. The number of unbranched alkanes of at least 4 members (excludes halogenated alkanes) is 2. The Bertz CT molecular complexity index is 153. The van der Waals surface area contributed by atoms with Crippen LogP contribution in [-0.4, -0.2) is 25.7 Å². The van der Waals surface area contributed by atoms with Crippen molar-refractivity contribution in [2.45, 2.75) is 32.6 Å². The molecule has 3 heteroatoms. The summed E-state index contributed by atoms with van der Waals surface area (Å²) in [7, 11) is 0. The van der Waals surface area contributed by atoms with Crippen LogP contribution in [0.4, 0.5) is 0 Å². The molecule has 1 aliphatic heterocycles. The number of carbonyl (C=O) groups is 1. The molecular formula is C10H18NO2. The predicted octanol–water partition coefficient (Wildman–Crippen LogP) is 1.34. The molecule has 0 aromatic rings. The van der Waals surface area contributed by atoms with Crippen molar-refractivity contribution in [1.82, 2.24) is 5.32 Å². The highest BCUT2D eigenvalue weighted by Crippen LogP contribution is 2.10. The first-order valence-corrected chi connectivity index (χ1v) is 5.14. The van der Waals surface area contributed by atoms with E-state index in [0.717, 1.165) is 32.2 Å². The summed E-state index contributed by atoms with van der Waals surface area (Å²) in [6.45, 7) is 4.22. The van der Waals surface area contributed by atoms with E-state index in [4.69, 9.17) is 4.74 Å². The highest BCUT2D eigenvalue weighted by atomic mass is 16.5. The van der Waals surface area contributed by atoms with Gasteiger partial charge in [0.15, 0.2) is 0 Å². The zero-order valence-corrected chi connectivity index (χ0v) is 8.29. The molecule has 13 heavy (non-hydrogen) atoms. The molecule has 0 aromatic carbocycles. The SMILES string of the molecule is CCCCCOC(=O)C1CC[N]C1. The number of ether oxygens (including phenoxy) is 1. The fraction of sp³-hybridized carbons (Fsp3) is 0.900. The van der Waals surface area contributed by atoms with Gasteiger partial charge in [0.25, 0.3) is 0 Å². The van der Waals surface area contributed by atoms with Gasteiger partial charge in [0.2, 0.25) is 0 Å². The van der Waals surface area contributed by atoms with E-state index < -0.39 is 0 Å². The van der Waals surface area contributed by atoms with Crippen LogP contribution in [0.3, 0.4) is 0 Å². The van der Waals surface area contributed by atoms with Gasteiger partial charge in [-0.25, -0.2) is 5.32 Å². The van der Waals surface area contributed by atoms with Crippen LogP contribution in [-0.2, 0) is 9.53 Å². The average Bonchev–Trinajstić information content (AvgIpc) is 2.65. The molecule has 3 nitrogen and oxygen atoms in total. The van der Waals surface area contributed by atoms with E-state index in [-0.39, 0.29) is 11.9 Å². The summed E-state index contributed by atoms with van der Waals surface area (Å²) >= 11 is 0. The van der Waals surface area contributed by atoms with Crippen molar-refractivity contribution in [3.63, 3.8) is 0 Å². The Morgan fingerprint density at radius 1 is 1.54 bits per heavy atom. The molecule has 0 amide bonds.